The van der Waals surface area contributed by atoms with Gasteiger partial charge in [0.05, 0.1) is 5.69 Å². The van der Waals surface area contributed by atoms with Crippen LogP contribution in [0.1, 0.15) is 22.8 Å². The first kappa shape index (κ1) is 19.0. The normalized spacial score (nSPS) is 11.5. The van der Waals surface area contributed by atoms with E-state index >= 15 is 0 Å². The van der Waals surface area contributed by atoms with E-state index in [2.05, 4.69) is 26.0 Å². The summed E-state index contributed by atoms with van der Waals surface area (Å²) < 4.78 is 5.29. The minimum absolute atomic E-state index is 0.274. The van der Waals surface area contributed by atoms with Crippen LogP contribution in [0.4, 0.5) is 10.5 Å². The third-order valence-electron chi connectivity index (χ3n) is 3.25. The first-order chi connectivity index (χ1) is 11.8. The molecule has 1 atom stereocenters. The van der Waals surface area contributed by atoms with Crippen LogP contribution in [0.2, 0.25) is 5.02 Å². The molecule has 0 saturated heterocycles. The Kier molecular flexibility index (Phi) is 6.17. The van der Waals surface area contributed by atoms with E-state index in [0.29, 0.717) is 15.1 Å². The van der Waals surface area contributed by atoms with Crippen LogP contribution in [-0.4, -0.2) is 23.9 Å². The van der Waals surface area contributed by atoms with Crippen molar-refractivity contribution in [2.24, 2.45) is 5.73 Å². The molecule has 2 aromatic carbocycles. The third-order valence-corrected chi connectivity index (χ3v) is 4.00. The highest BCUT2D eigenvalue weighted by Gasteiger charge is 2.20. The summed E-state index contributed by atoms with van der Waals surface area (Å²) in [5.41, 5.74) is 5.87. The molecular formula is C17H14BrClN2O4. The van der Waals surface area contributed by atoms with Gasteiger partial charge >= 0.3 is 6.09 Å². The van der Waals surface area contributed by atoms with E-state index in [9.17, 15) is 14.4 Å². The first-order valence-corrected chi connectivity index (χ1v) is 8.32. The molecule has 0 aromatic heterocycles. The van der Waals surface area contributed by atoms with E-state index in [4.69, 9.17) is 17.3 Å². The molecule has 3 N–H and O–H groups in total. The summed E-state index contributed by atoms with van der Waals surface area (Å²) in [4.78, 5) is 35.6. The summed E-state index contributed by atoms with van der Waals surface area (Å²) in [6.45, 7) is 1.37. The van der Waals surface area contributed by atoms with E-state index in [-0.39, 0.29) is 17.0 Å². The molecule has 0 aliphatic rings. The van der Waals surface area contributed by atoms with Gasteiger partial charge in [-0.1, -0.05) is 27.5 Å². The number of hydrogen-bond acceptors (Lipinski definition) is 4. The molecule has 2 aromatic rings. The molecule has 2 amide bonds. The Morgan fingerprint density at radius 1 is 1.16 bits per heavy atom. The number of carbonyl (C=O) groups is 3. The predicted octanol–water partition coefficient (Wildman–Crippen LogP) is 3.76. The van der Waals surface area contributed by atoms with Crippen LogP contribution in [0.3, 0.4) is 0 Å². The molecule has 130 valence electrons. The molecule has 0 spiro atoms. The minimum Gasteiger partial charge on any atom is -0.437 e. The molecule has 0 fully saturated rings. The number of hydrogen-bond donors (Lipinski definition) is 2. The van der Waals surface area contributed by atoms with E-state index < -0.39 is 18.1 Å². The molecular weight excluding hydrogens is 412 g/mol. The SMILES string of the molecule is CC(OC(N)=O)C(=O)Nc1ccc(Br)cc1C(=O)c1ccc(Cl)cc1. The zero-order valence-electron chi connectivity index (χ0n) is 13.1. The molecule has 0 radical (unpaired) electrons. The van der Waals surface area contributed by atoms with Crippen molar-refractivity contribution in [3.63, 3.8) is 0 Å². The second kappa shape index (κ2) is 8.13. The molecule has 8 heteroatoms. The fourth-order valence-electron chi connectivity index (χ4n) is 2.03. The summed E-state index contributed by atoms with van der Waals surface area (Å²) in [6, 6.07) is 11.2. The van der Waals surface area contributed by atoms with Crippen LogP contribution in [0, 0.1) is 0 Å². The summed E-state index contributed by atoms with van der Waals surface area (Å²) in [6.07, 6.45) is -2.16. The monoisotopic (exact) mass is 424 g/mol. The Morgan fingerprint density at radius 2 is 1.80 bits per heavy atom. The van der Waals surface area contributed by atoms with Gasteiger partial charge in [-0.2, -0.15) is 0 Å². The Balaban J connectivity index is 2.31. The van der Waals surface area contributed by atoms with Gasteiger partial charge in [0.1, 0.15) is 0 Å². The summed E-state index contributed by atoms with van der Waals surface area (Å²) in [7, 11) is 0. The molecule has 25 heavy (non-hydrogen) atoms. The number of rotatable bonds is 5. The maximum atomic E-state index is 12.7. The number of ether oxygens (including phenoxy) is 1. The van der Waals surface area contributed by atoms with Crippen LogP contribution in [0.15, 0.2) is 46.9 Å². The third kappa shape index (κ3) is 5.04. The van der Waals surface area contributed by atoms with E-state index in [1.165, 1.54) is 6.92 Å². The van der Waals surface area contributed by atoms with E-state index in [0.717, 1.165) is 0 Å². The second-order valence-corrected chi connectivity index (χ2v) is 6.45. The molecule has 0 heterocycles. The van der Waals surface area contributed by atoms with Crippen LogP contribution in [-0.2, 0) is 9.53 Å². The number of anilines is 1. The van der Waals surface area contributed by atoms with E-state index in [1.807, 2.05) is 0 Å². The summed E-state index contributed by atoms with van der Waals surface area (Å²) in [5, 5.41) is 3.08. The van der Waals surface area contributed by atoms with Gasteiger partial charge in [-0.05, 0) is 49.4 Å². The number of carbonyl (C=O) groups excluding carboxylic acids is 3. The smallest absolute Gasteiger partial charge is 0.405 e. The highest BCUT2D eigenvalue weighted by Crippen LogP contribution is 2.25. The fourth-order valence-corrected chi connectivity index (χ4v) is 2.52. The average molecular weight is 426 g/mol. The first-order valence-electron chi connectivity index (χ1n) is 7.14. The van der Waals surface area contributed by atoms with Gasteiger partial charge in [0.2, 0.25) is 0 Å². The Hall–Kier alpha value is -2.38. The highest BCUT2D eigenvalue weighted by atomic mass is 79.9. The molecule has 0 aliphatic carbocycles. The molecule has 0 saturated carbocycles. The maximum Gasteiger partial charge on any atom is 0.405 e. The quantitative estimate of drug-likeness (QED) is 0.713. The highest BCUT2D eigenvalue weighted by molar-refractivity contribution is 9.10. The molecule has 0 aliphatic heterocycles. The van der Waals surface area contributed by atoms with Gasteiger partial charge in [-0.25, -0.2) is 4.79 Å². The van der Waals surface area contributed by atoms with Gasteiger partial charge in [-0.3, -0.25) is 9.59 Å². The zero-order valence-corrected chi connectivity index (χ0v) is 15.4. The predicted molar refractivity (Wildman–Crippen MR) is 97.8 cm³/mol. The van der Waals surface area contributed by atoms with Crippen LogP contribution in [0.5, 0.6) is 0 Å². The number of amides is 2. The van der Waals surface area contributed by atoms with Crippen molar-refractivity contribution >= 4 is 51.0 Å². The van der Waals surface area contributed by atoms with Crippen LogP contribution < -0.4 is 11.1 Å². The lowest BCUT2D eigenvalue weighted by molar-refractivity contribution is -0.123. The topological polar surface area (TPSA) is 98.5 Å². The van der Waals surface area contributed by atoms with Gasteiger partial charge < -0.3 is 15.8 Å². The Bertz CT molecular complexity index is 824. The van der Waals surface area contributed by atoms with Gasteiger partial charge in [0.25, 0.3) is 5.91 Å². The van der Waals surface area contributed by atoms with Crippen molar-refractivity contribution in [2.45, 2.75) is 13.0 Å². The average Bonchev–Trinajstić information content (AvgIpc) is 2.55. The second-order valence-electron chi connectivity index (χ2n) is 5.09. The zero-order chi connectivity index (χ0) is 18.6. The van der Waals surface area contributed by atoms with Crippen molar-refractivity contribution < 1.29 is 19.1 Å². The number of nitrogens with one attached hydrogen (secondary N) is 1. The fraction of sp³-hybridized carbons (Fsp3) is 0.118. The summed E-state index contributed by atoms with van der Waals surface area (Å²) >= 11 is 9.14. The van der Waals surface area contributed by atoms with Crippen molar-refractivity contribution in [1.82, 2.24) is 0 Å². The molecule has 1 unspecified atom stereocenters. The number of ketones is 1. The van der Waals surface area contributed by atoms with Gasteiger partial charge in [-0.15, -0.1) is 0 Å². The lowest BCUT2D eigenvalue weighted by Crippen LogP contribution is -2.32. The number of nitrogens with two attached hydrogens (primary N) is 1. The Labute approximate surface area is 157 Å². The maximum absolute atomic E-state index is 12.7. The van der Waals surface area contributed by atoms with Crippen molar-refractivity contribution in [2.75, 3.05) is 5.32 Å². The lowest BCUT2D eigenvalue weighted by Gasteiger charge is -2.14. The number of primary amides is 1. The molecule has 0 bridgehead atoms. The largest absolute Gasteiger partial charge is 0.437 e. The van der Waals surface area contributed by atoms with Crippen molar-refractivity contribution in [3.8, 4) is 0 Å². The van der Waals surface area contributed by atoms with E-state index in [1.54, 1.807) is 42.5 Å². The van der Waals surface area contributed by atoms with Crippen LogP contribution in [0.25, 0.3) is 0 Å². The number of benzene rings is 2. The van der Waals surface area contributed by atoms with Crippen molar-refractivity contribution in [1.29, 1.82) is 0 Å². The minimum atomic E-state index is -1.10. The summed E-state index contributed by atoms with van der Waals surface area (Å²) in [5.74, 6) is -0.900. The van der Waals surface area contributed by atoms with Crippen molar-refractivity contribution in [3.05, 3.63) is 63.1 Å². The lowest BCUT2D eigenvalue weighted by atomic mass is 10.0. The number of halogens is 2. The van der Waals surface area contributed by atoms with Gasteiger partial charge in [0, 0.05) is 20.6 Å². The van der Waals surface area contributed by atoms with Crippen LogP contribution >= 0.6 is 27.5 Å². The van der Waals surface area contributed by atoms with Gasteiger partial charge in [0.15, 0.2) is 11.9 Å². The molecule has 2 rings (SSSR count). The standard InChI is InChI=1S/C17H14BrClN2O4/c1-9(25-17(20)24)16(23)21-14-7-4-11(18)8-13(14)15(22)10-2-5-12(19)6-3-10/h2-9H,1H3,(H2,20,24)(H,21,23). The Morgan fingerprint density at radius 3 is 2.40 bits per heavy atom. The molecule has 6 nitrogen and oxygen atoms in total.